The predicted octanol–water partition coefficient (Wildman–Crippen LogP) is -6.75. The molecule has 11 unspecified atom stereocenters. The summed E-state index contributed by atoms with van der Waals surface area (Å²) in [6.45, 7) is 0.337. The quantitative estimate of drug-likeness (QED) is 0.0693. The molecule has 4 aliphatic rings. The van der Waals surface area contributed by atoms with E-state index in [0.29, 0.717) is 13.0 Å². The summed E-state index contributed by atoms with van der Waals surface area (Å²) in [5.41, 5.74) is 0. The number of hydrogen-bond acceptors (Lipinski definition) is 20. The molecule has 0 aliphatic carbocycles. The highest BCUT2D eigenvalue weighted by atomic mass is 16.8. The molecule has 12 N–H and O–H groups in total. The molecular formula is C30H53NO20. The zero-order valence-corrected chi connectivity index (χ0v) is 28.2. The number of amides is 1. The van der Waals surface area contributed by atoms with Crippen molar-refractivity contribution in [2.45, 2.75) is 150 Å². The summed E-state index contributed by atoms with van der Waals surface area (Å²) in [6.07, 6.45) is -26.6. The molecule has 0 aromatic rings. The summed E-state index contributed by atoms with van der Waals surface area (Å²) in [5.74, 6) is -0.712. The molecule has 1 amide bonds. The van der Waals surface area contributed by atoms with E-state index in [1.807, 2.05) is 6.92 Å². The molecule has 0 aromatic carbocycles. The van der Waals surface area contributed by atoms with Gasteiger partial charge in [-0.3, -0.25) is 4.79 Å². The fourth-order valence-electron chi connectivity index (χ4n) is 6.38. The van der Waals surface area contributed by atoms with Crippen LogP contribution in [0.1, 0.15) is 33.1 Å². The lowest BCUT2D eigenvalue weighted by atomic mass is 9.94. The van der Waals surface area contributed by atoms with Crippen LogP contribution < -0.4 is 5.32 Å². The van der Waals surface area contributed by atoms with Crippen molar-refractivity contribution in [3.63, 3.8) is 0 Å². The average molecular weight is 748 g/mol. The first kappa shape index (κ1) is 42.5. The fraction of sp³-hybridized carbons (Fsp3) is 0.967. The van der Waals surface area contributed by atoms with Crippen LogP contribution in [0.4, 0.5) is 0 Å². The lowest BCUT2D eigenvalue weighted by Gasteiger charge is -2.49. The minimum absolute atomic E-state index is 0.122. The molecule has 0 saturated carbocycles. The van der Waals surface area contributed by atoms with Crippen LogP contribution in [0.15, 0.2) is 0 Å². The third-order valence-corrected chi connectivity index (χ3v) is 9.26. The Hall–Kier alpha value is -1.29. The van der Waals surface area contributed by atoms with Crippen LogP contribution in [0.2, 0.25) is 0 Å². The van der Waals surface area contributed by atoms with Crippen molar-refractivity contribution in [2.75, 3.05) is 33.0 Å². The maximum absolute atomic E-state index is 12.2. The first-order valence-electron chi connectivity index (χ1n) is 17.0. The highest BCUT2D eigenvalue weighted by molar-refractivity contribution is 5.73. The molecular weight excluding hydrogens is 694 g/mol. The molecule has 4 fully saturated rings. The van der Waals surface area contributed by atoms with Crippen molar-refractivity contribution >= 4 is 5.91 Å². The first-order chi connectivity index (χ1) is 24.3. The van der Waals surface area contributed by atoms with E-state index in [4.69, 9.17) is 37.9 Å². The first-order valence-corrected chi connectivity index (χ1v) is 17.0. The molecule has 4 heterocycles. The summed E-state index contributed by atoms with van der Waals surface area (Å²) in [7, 11) is 0. The SMILES string of the molecule is CCCCO[C@@H]1OC(CO)[C@@H](O[C@@H]2OC(CO)[C@H](O)C(O[C@@H]3OC(CO)[C@@H](O[C@@H]4OC(CO)[C@H](O)C(O)C4O)C(O)C3NC(C)=O)C2O)CC1O. The van der Waals surface area contributed by atoms with Gasteiger partial charge >= 0.3 is 0 Å². The van der Waals surface area contributed by atoms with Crippen molar-refractivity contribution in [3.8, 4) is 0 Å². The van der Waals surface area contributed by atoms with Crippen LogP contribution in [-0.4, -0.2) is 212 Å². The second-order valence-electron chi connectivity index (χ2n) is 13.0. The van der Waals surface area contributed by atoms with Crippen molar-refractivity contribution in [3.05, 3.63) is 0 Å². The van der Waals surface area contributed by atoms with Crippen molar-refractivity contribution in [2.24, 2.45) is 0 Å². The molecule has 0 spiro atoms. The summed E-state index contributed by atoms with van der Waals surface area (Å²) in [4.78, 5) is 12.2. The van der Waals surface area contributed by atoms with E-state index in [-0.39, 0.29) is 6.42 Å². The van der Waals surface area contributed by atoms with Crippen molar-refractivity contribution < 1.29 is 98.9 Å². The van der Waals surface area contributed by atoms with Gasteiger partial charge in [-0.15, -0.1) is 0 Å². The van der Waals surface area contributed by atoms with E-state index in [2.05, 4.69) is 5.32 Å². The van der Waals surface area contributed by atoms with Gasteiger partial charge < -0.3 is 99.4 Å². The second-order valence-corrected chi connectivity index (χ2v) is 13.0. The van der Waals surface area contributed by atoms with Crippen LogP contribution in [0.5, 0.6) is 0 Å². The van der Waals surface area contributed by atoms with E-state index in [1.165, 1.54) is 0 Å². The summed E-state index contributed by atoms with van der Waals surface area (Å²) in [6, 6.07) is -1.56. The zero-order chi connectivity index (χ0) is 37.6. The molecule has 21 nitrogen and oxygen atoms in total. The van der Waals surface area contributed by atoms with Gasteiger partial charge in [-0.1, -0.05) is 13.3 Å². The van der Waals surface area contributed by atoms with Gasteiger partial charge in [-0.25, -0.2) is 0 Å². The van der Waals surface area contributed by atoms with Gasteiger partial charge in [0.2, 0.25) is 5.91 Å². The number of unbranched alkanes of at least 4 members (excludes halogenated alkanes) is 1. The lowest BCUT2D eigenvalue weighted by molar-refractivity contribution is -0.375. The number of hydrogen-bond donors (Lipinski definition) is 12. The standard InChI is InChI=1S/C30H53NO20/c1-3-4-5-44-27-12(37)6-13(14(7-32)46-27)45-30-24(43)26(20(39)16(9-34)48-30)51-28-18(31-11(2)36)21(40)25(17(10-35)49-28)50-29-23(42)22(41)19(38)15(8-33)47-29/h12-30,32-35,37-43H,3-10H2,1-2H3,(H,31,36)/t12?,13-,14?,15?,16?,17?,18?,19-,20-,21?,22?,23?,24?,25+,26?,27+,28-,29-,30+/m0/s1. The third kappa shape index (κ3) is 9.88. The minimum atomic E-state index is -1.89. The maximum Gasteiger partial charge on any atom is 0.217 e. The topological polar surface area (TPSA) is 325 Å². The Kier molecular flexibility index (Phi) is 16.1. The fourth-order valence-corrected chi connectivity index (χ4v) is 6.38. The van der Waals surface area contributed by atoms with Crippen LogP contribution >= 0.6 is 0 Å². The zero-order valence-electron chi connectivity index (χ0n) is 28.2. The number of carbonyl (C=O) groups excluding carboxylic acids is 1. The third-order valence-electron chi connectivity index (χ3n) is 9.26. The van der Waals surface area contributed by atoms with Gasteiger partial charge in [-0.2, -0.15) is 0 Å². The summed E-state index contributed by atoms with van der Waals surface area (Å²) >= 11 is 0. The Bertz CT molecular complexity index is 1060. The lowest BCUT2D eigenvalue weighted by Crippen LogP contribution is -2.69. The number of aliphatic hydroxyl groups excluding tert-OH is 11. The molecule has 4 aliphatic heterocycles. The molecule has 4 saturated heterocycles. The monoisotopic (exact) mass is 747 g/mol. The van der Waals surface area contributed by atoms with Gasteiger partial charge in [0.15, 0.2) is 25.2 Å². The van der Waals surface area contributed by atoms with E-state index >= 15 is 0 Å². The molecule has 19 atom stereocenters. The Morgan fingerprint density at radius 2 is 1.18 bits per heavy atom. The van der Waals surface area contributed by atoms with Gasteiger partial charge in [0.25, 0.3) is 0 Å². The Morgan fingerprint density at radius 3 is 1.76 bits per heavy atom. The van der Waals surface area contributed by atoms with Gasteiger partial charge in [0.05, 0.1) is 32.5 Å². The molecule has 0 bridgehead atoms. The average Bonchev–Trinajstić information content (AvgIpc) is 3.10. The highest BCUT2D eigenvalue weighted by Gasteiger charge is 2.55. The summed E-state index contributed by atoms with van der Waals surface area (Å²) < 4.78 is 45.5. The van der Waals surface area contributed by atoms with Crippen LogP contribution in [0.25, 0.3) is 0 Å². The van der Waals surface area contributed by atoms with Gasteiger partial charge in [0, 0.05) is 20.0 Å². The van der Waals surface area contributed by atoms with Crippen LogP contribution in [0, 0.1) is 0 Å². The number of ether oxygens (including phenoxy) is 8. The Labute approximate surface area is 293 Å². The number of carbonyl (C=O) groups is 1. The molecule has 4 rings (SSSR count). The second kappa shape index (κ2) is 19.3. The number of aliphatic hydroxyl groups is 11. The largest absolute Gasteiger partial charge is 0.394 e. The number of nitrogens with one attached hydrogen (secondary N) is 1. The molecule has 298 valence electrons. The Balaban J connectivity index is 1.51. The molecule has 21 heteroatoms. The molecule has 0 aromatic heterocycles. The van der Waals surface area contributed by atoms with E-state index in [1.54, 1.807) is 0 Å². The summed E-state index contributed by atoms with van der Waals surface area (Å²) in [5, 5.41) is 117. The maximum atomic E-state index is 12.2. The van der Waals surface area contributed by atoms with Crippen LogP contribution in [0.3, 0.4) is 0 Å². The van der Waals surface area contributed by atoms with Gasteiger partial charge in [-0.05, 0) is 6.42 Å². The Morgan fingerprint density at radius 1 is 0.627 bits per heavy atom. The van der Waals surface area contributed by atoms with E-state index in [9.17, 15) is 61.0 Å². The van der Waals surface area contributed by atoms with E-state index in [0.717, 1.165) is 13.3 Å². The van der Waals surface area contributed by atoms with Crippen LogP contribution in [-0.2, 0) is 42.7 Å². The predicted molar refractivity (Wildman–Crippen MR) is 163 cm³/mol. The molecule has 51 heavy (non-hydrogen) atoms. The normalized spacial score (nSPS) is 46.5. The van der Waals surface area contributed by atoms with E-state index < -0.39 is 149 Å². The minimum Gasteiger partial charge on any atom is -0.394 e. The highest BCUT2D eigenvalue weighted by Crippen LogP contribution is 2.34. The van der Waals surface area contributed by atoms with Gasteiger partial charge in [0.1, 0.15) is 85.4 Å². The number of rotatable bonds is 15. The molecule has 0 radical (unpaired) electrons. The van der Waals surface area contributed by atoms with Crippen molar-refractivity contribution in [1.82, 2.24) is 5.32 Å². The van der Waals surface area contributed by atoms with Crippen molar-refractivity contribution in [1.29, 1.82) is 0 Å². The smallest absolute Gasteiger partial charge is 0.217 e.